The van der Waals surface area contributed by atoms with Gasteiger partial charge in [0.25, 0.3) is 0 Å². The predicted molar refractivity (Wildman–Crippen MR) is 73.2 cm³/mol. The third-order valence-electron chi connectivity index (χ3n) is 2.64. The predicted octanol–water partition coefficient (Wildman–Crippen LogP) is 5.07. The monoisotopic (exact) mass is 366 g/mol. The largest absolute Gasteiger partial charge is 0.419 e. The summed E-state index contributed by atoms with van der Waals surface area (Å²) in [6.07, 6.45) is -4.82. The minimum absolute atomic E-state index is 0.0582. The van der Waals surface area contributed by atoms with Crippen LogP contribution in [0.5, 0.6) is 0 Å². The Balaban J connectivity index is 2.39. The molecule has 0 aromatic heterocycles. The number of anilines is 3. The normalized spacial score (nSPS) is 11.5. The summed E-state index contributed by atoms with van der Waals surface area (Å²) in [5.41, 5.74) is 4.37. The van der Waals surface area contributed by atoms with E-state index in [2.05, 4.69) is 21.2 Å². The maximum atomic E-state index is 13.4. The lowest BCUT2D eigenvalue weighted by Gasteiger charge is -2.13. The number of benzene rings is 2. The Bertz CT molecular complexity index is 685. The van der Waals surface area contributed by atoms with E-state index in [9.17, 15) is 22.0 Å². The molecule has 2 aromatic rings. The first-order valence-corrected chi connectivity index (χ1v) is 6.36. The van der Waals surface area contributed by atoms with Gasteiger partial charge in [0.2, 0.25) is 0 Å². The first-order chi connectivity index (χ1) is 9.68. The number of hydrogen-bond acceptors (Lipinski definition) is 2. The lowest BCUT2D eigenvalue weighted by Crippen LogP contribution is -2.09. The van der Waals surface area contributed by atoms with Crippen LogP contribution >= 0.6 is 15.9 Å². The molecule has 2 aromatic carbocycles. The molecule has 0 spiro atoms. The first-order valence-electron chi connectivity index (χ1n) is 5.57. The average molecular weight is 367 g/mol. The Morgan fingerprint density at radius 2 is 1.67 bits per heavy atom. The van der Waals surface area contributed by atoms with Gasteiger partial charge in [0, 0.05) is 11.8 Å². The molecule has 0 aliphatic heterocycles. The van der Waals surface area contributed by atoms with Crippen LogP contribution in [0, 0.1) is 11.6 Å². The number of nitrogens with one attached hydrogen (secondary N) is 1. The maximum absolute atomic E-state index is 13.4. The molecule has 0 atom stereocenters. The molecule has 0 aliphatic rings. The highest BCUT2D eigenvalue weighted by molar-refractivity contribution is 9.10. The molecule has 8 heteroatoms. The lowest BCUT2D eigenvalue weighted by molar-refractivity contribution is -0.139. The Hall–Kier alpha value is -1.83. The second-order valence-electron chi connectivity index (χ2n) is 4.17. The number of nitrogen functional groups attached to an aromatic ring is 1. The van der Waals surface area contributed by atoms with Gasteiger partial charge in [-0.15, -0.1) is 0 Å². The molecule has 0 radical (unpaired) electrons. The van der Waals surface area contributed by atoms with E-state index in [1.807, 2.05) is 0 Å². The topological polar surface area (TPSA) is 38.0 Å². The van der Waals surface area contributed by atoms with Crippen molar-refractivity contribution >= 4 is 33.0 Å². The molecule has 0 fully saturated rings. The van der Waals surface area contributed by atoms with E-state index >= 15 is 0 Å². The Kier molecular flexibility index (Phi) is 4.08. The van der Waals surface area contributed by atoms with E-state index in [1.165, 1.54) is 6.07 Å². The van der Waals surface area contributed by atoms with Crippen molar-refractivity contribution in [3.05, 3.63) is 52.0 Å². The van der Waals surface area contributed by atoms with Crippen LogP contribution in [0.2, 0.25) is 0 Å². The van der Waals surface area contributed by atoms with Crippen molar-refractivity contribution in [3.8, 4) is 0 Å². The average Bonchev–Trinajstić information content (AvgIpc) is 2.37. The summed E-state index contributed by atoms with van der Waals surface area (Å²) in [6.45, 7) is 0. The van der Waals surface area contributed by atoms with Crippen molar-refractivity contribution in [1.82, 2.24) is 0 Å². The maximum Gasteiger partial charge on any atom is 0.419 e. The standard InChI is InChI=1S/C13H8BrF5N2/c14-8-4-11(20)12(5-10(8)16)21-6-1-2-9(15)7(3-6)13(17,18)19/h1-5,21H,20H2. The highest BCUT2D eigenvalue weighted by Crippen LogP contribution is 2.35. The van der Waals surface area contributed by atoms with Gasteiger partial charge >= 0.3 is 6.18 Å². The van der Waals surface area contributed by atoms with Crippen LogP contribution in [0.1, 0.15) is 5.56 Å². The second-order valence-corrected chi connectivity index (χ2v) is 5.03. The van der Waals surface area contributed by atoms with Gasteiger partial charge in [0.1, 0.15) is 11.6 Å². The molecule has 2 rings (SSSR count). The van der Waals surface area contributed by atoms with Crippen LogP contribution in [0.4, 0.5) is 39.0 Å². The third-order valence-corrected chi connectivity index (χ3v) is 3.25. The number of hydrogen-bond donors (Lipinski definition) is 2. The van der Waals surface area contributed by atoms with Crippen molar-refractivity contribution in [3.63, 3.8) is 0 Å². The van der Waals surface area contributed by atoms with Gasteiger partial charge in [-0.3, -0.25) is 0 Å². The number of rotatable bonds is 2. The number of halogens is 6. The molecule has 2 nitrogen and oxygen atoms in total. The van der Waals surface area contributed by atoms with E-state index in [0.717, 1.165) is 12.1 Å². The molecule has 21 heavy (non-hydrogen) atoms. The van der Waals surface area contributed by atoms with Crippen LogP contribution < -0.4 is 11.1 Å². The van der Waals surface area contributed by atoms with Crippen molar-refractivity contribution in [2.24, 2.45) is 0 Å². The fraction of sp³-hybridized carbons (Fsp3) is 0.0769. The molecule has 0 unspecified atom stereocenters. The zero-order valence-electron chi connectivity index (χ0n) is 10.2. The van der Waals surface area contributed by atoms with Crippen molar-refractivity contribution in [2.45, 2.75) is 6.18 Å². The molecule has 3 N–H and O–H groups in total. The molecule has 0 heterocycles. The van der Waals surface area contributed by atoms with Gasteiger partial charge in [0.05, 0.1) is 21.4 Å². The van der Waals surface area contributed by atoms with Crippen molar-refractivity contribution < 1.29 is 22.0 Å². The lowest BCUT2D eigenvalue weighted by atomic mass is 10.1. The summed E-state index contributed by atoms with van der Waals surface area (Å²) < 4.78 is 64.5. The zero-order valence-corrected chi connectivity index (χ0v) is 11.8. The van der Waals surface area contributed by atoms with Gasteiger partial charge in [-0.25, -0.2) is 8.78 Å². The Morgan fingerprint density at radius 1 is 1.00 bits per heavy atom. The van der Waals surface area contributed by atoms with E-state index in [1.54, 1.807) is 0 Å². The Morgan fingerprint density at radius 3 is 2.29 bits per heavy atom. The van der Waals surface area contributed by atoms with E-state index < -0.39 is 23.4 Å². The third kappa shape index (κ3) is 3.44. The van der Waals surface area contributed by atoms with Crippen molar-refractivity contribution in [2.75, 3.05) is 11.1 Å². The summed E-state index contributed by atoms with van der Waals surface area (Å²) in [4.78, 5) is 0. The summed E-state index contributed by atoms with van der Waals surface area (Å²) >= 11 is 2.93. The SMILES string of the molecule is Nc1cc(Br)c(F)cc1Nc1ccc(F)c(C(F)(F)F)c1. The van der Waals surface area contributed by atoms with E-state index in [-0.39, 0.29) is 21.5 Å². The number of nitrogens with two attached hydrogens (primary N) is 1. The van der Waals surface area contributed by atoms with Gasteiger partial charge in [-0.1, -0.05) is 0 Å². The highest BCUT2D eigenvalue weighted by Gasteiger charge is 2.34. The molecule has 112 valence electrons. The van der Waals surface area contributed by atoms with Crippen molar-refractivity contribution in [1.29, 1.82) is 0 Å². The van der Waals surface area contributed by atoms with E-state index in [4.69, 9.17) is 5.73 Å². The quantitative estimate of drug-likeness (QED) is 0.575. The molecule has 0 amide bonds. The minimum Gasteiger partial charge on any atom is -0.397 e. The Labute approximate surface area is 124 Å². The molecule has 0 saturated heterocycles. The van der Waals surface area contributed by atoms with Gasteiger partial charge in [-0.05, 0) is 40.2 Å². The molecule has 0 bridgehead atoms. The van der Waals surface area contributed by atoms with Gasteiger partial charge in [0.15, 0.2) is 0 Å². The molecule has 0 aliphatic carbocycles. The summed E-state index contributed by atoms with van der Waals surface area (Å²) in [5.74, 6) is -2.02. The van der Waals surface area contributed by atoms with Crippen LogP contribution in [-0.2, 0) is 6.18 Å². The fourth-order valence-electron chi connectivity index (χ4n) is 1.65. The fourth-order valence-corrected chi connectivity index (χ4v) is 2.01. The summed E-state index contributed by atoms with van der Waals surface area (Å²) in [7, 11) is 0. The van der Waals surface area contributed by atoms with Crippen LogP contribution in [-0.4, -0.2) is 0 Å². The minimum atomic E-state index is -4.82. The molecular formula is C13H8BrF5N2. The highest BCUT2D eigenvalue weighted by atomic mass is 79.9. The van der Waals surface area contributed by atoms with Crippen LogP contribution in [0.3, 0.4) is 0 Å². The van der Waals surface area contributed by atoms with Gasteiger partial charge < -0.3 is 11.1 Å². The molecular weight excluding hydrogens is 359 g/mol. The van der Waals surface area contributed by atoms with Gasteiger partial charge in [-0.2, -0.15) is 13.2 Å². The summed E-state index contributed by atoms with van der Waals surface area (Å²) in [6, 6.07) is 4.66. The van der Waals surface area contributed by atoms with Crippen LogP contribution in [0.25, 0.3) is 0 Å². The second kappa shape index (κ2) is 5.51. The zero-order chi connectivity index (χ0) is 15.8. The smallest absolute Gasteiger partial charge is 0.397 e. The van der Waals surface area contributed by atoms with E-state index in [0.29, 0.717) is 12.1 Å². The first kappa shape index (κ1) is 15.6. The van der Waals surface area contributed by atoms with Crippen LogP contribution in [0.15, 0.2) is 34.8 Å². The number of alkyl halides is 3. The summed E-state index contributed by atoms with van der Waals surface area (Å²) in [5, 5.41) is 2.53. The molecule has 0 saturated carbocycles.